The van der Waals surface area contributed by atoms with Crippen molar-refractivity contribution in [1.82, 2.24) is 0 Å². The molecule has 3 aromatic rings. The van der Waals surface area contributed by atoms with E-state index in [1.165, 1.54) is 15.9 Å². The van der Waals surface area contributed by atoms with Gasteiger partial charge in [0.25, 0.3) is 0 Å². The van der Waals surface area contributed by atoms with Crippen LogP contribution in [0, 0.1) is 23.7 Å². The molecule has 4 heteroatoms. The monoisotopic (exact) mass is 421 g/mol. The van der Waals surface area contributed by atoms with Crippen LogP contribution in [0.2, 0.25) is 0 Å². The third-order valence-corrected chi connectivity index (χ3v) is 5.92. The molecule has 0 aromatic heterocycles. The molecule has 0 saturated carbocycles. The van der Waals surface area contributed by atoms with E-state index in [1.54, 1.807) is 0 Å². The van der Waals surface area contributed by atoms with Crippen LogP contribution in [0.25, 0.3) is 0 Å². The Bertz CT molecular complexity index is 613. The smallest absolute Gasteiger partial charge is 0.512 e. The molecule has 24 heavy (non-hydrogen) atoms. The summed E-state index contributed by atoms with van der Waals surface area (Å²) in [6.45, 7) is 9.50. The topological polar surface area (TPSA) is 47.6 Å². The molecule has 0 bridgehead atoms. The number of rotatable bonds is 3. The van der Waals surface area contributed by atoms with Crippen molar-refractivity contribution < 1.29 is 20.4 Å². The van der Waals surface area contributed by atoms with Gasteiger partial charge < -0.3 is 23.7 Å². The Balaban J connectivity index is 0.000000987. The zero-order valence-corrected chi connectivity index (χ0v) is 15.4. The van der Waals surface area contributed by atoms with Gasteiger partial charge in [-0.3, -0.25) is 0 Å². The first-order valence-corrected chi connectivity index (χ1v) is 8.43. The quantitative estimate of drug-likeness (QED) is 0.370. The van der Waals surface area contributed by atoms with Crippen LogP contribution in [0.5, 0.6) is 0 Å². The Kier molecular flexibility index (Phi) is 12.0. The van der Waals surface area contributed by atoms with Gasteiger partial charge in [0.05, 0.1) is 7.92 Å². The van der Waals surface area contributed by atoms with E-state index in [0.29, 0.717) is 0 Å². The summed E-state index contributed by atoms with van der Waals surface area (Å²) in [5.74, 6) is 0. The van der Waals surface area contributed by atoms with Crippen molar-refractivity contribution in [3.63, 3.8) is 0 Å². The fourth-order valence-corrected chi connectivity index (χ4v) is 4.89. The molecule has 0 aliphatic carbocycles. The van der Waals surface area contributed by atoms with Crippen LogP contribution in [-0.4, -0.2) is 0 Å². The van der Waals surface area contributed by atoms with Gasteiger partial charge in [-0.05, 0) is 36.4 Å². The summed E-state index contributed by atoms with van der Waals surface area (Å²) in [6, 6.07) is 32.5. The van der Waals surface area contributed by atoms with Gasteiger partial charge in [-0.2, -0.15) is 0 Å². The first kappa shape index (κ1) is 21.7. The van der Waals surface area contributed by atoms with Crippen LogP contribution in [0.1, 0.15) is 0 Å². The fraction of sp³-hybridized carbons (Fsp3) is 0. The third kappa shape index (κ3) is 6.09. The maximum absolute atomic E-state index is 6.25. The minimum Gasteiger partial charge on any atom is -0.512 e. The predicted octanol–water partition coefficient (Wildman–Crippen LogP) is 3.37. The molecule has 0 amide bonds. The Morgan fingerprint density at radius 3 is 0.875 bits per heavy atom. The van der Waals surface area contributed by atoms with Gasteiger partial charge in [0.2, 0.25) is 0 Å². The van der Waals surface area contributed by atoms with Gasteiger partial charge in [-0.25, -0.2) is 0 Å². The molecule has 0 heterocycles. The standard InChI is InChI=1S/C18H15P.2CN.Pd/c1-4-10-16(11-5-1)19(17-12-6-2-7-13-17)18-14-8-3-9-15-18;2*1-2;/h1-15H;;;/q;2*-1;+2/p+1. The van der Waals surface area contributed by atoms with Crippen molar-refractivity contribution in [2.75, 3.05) is 0 Å². The van der Waals surface area contributed by atoms with Gasteiger partial charge in [-0.1, -0.05) is 54.6 Å². The second kappa shape index (κ2) is 13.2. The minimum atomic E-state index is -0.877. The van der Waals surface area contributed by atoms with Gasteiger partial charge in [0.15, 0.2) is 0 Å². The van der Waals surface area contributed by atoms with Crippen molar-refractivity contribution in [1.29, 1.82) is 10.5 Å². The van der Waals surface area contributed by atoms with Crippen molar-refractivity contribution in [2.45, 2.75) is 0 Å². The summed E-state index contributed by atoms with van der Waals surface area (Å²) in [5, 5.41) is 16.8. The van der Waals surface area contributed by atoms with Crippen molar-refractivity contribution in [3.8, 4) is 0 Å². The van der Waals surface area contributed by atoms with Gasteiger partial charge in [0, 0.05) is 0 Å². The number of nitrogens with zero attached hydrogens (tertiary/aromatic N) is 2. The average molecular weight is 422 g/mol. The molecule has 0 aliphatic heterocycles. The van der Waals surface area contributed by atoms with E-state index in [2.05, 4.69) is 91.0 Å². The molecule has 0 unspecified atom stereocenters. The zero-order valence-electron chi connectivity index (χ0n) is 12.9. The summed E-state index contributed by atoms with van der Waals surface area (Å²) in [7, 11) is -0.877. The van der Waals surface area contributed by atoms with E-state index in [0.717, 1.165) is 0 Å². The molecule has 0 fully saturated rings. The van der Waals surface area contributed by atoms with Crippen LogP contribution < -0.4 is 15.9 Å². The molecule has 3 rings (SSSR count). The first-order chi connectivity index (χ1) is 11.4. The molecule has 0 N–H and O–H groups in total. The molecular formula is C20H16N2PPd+. The first-order valence-electron chi connectivity index (χ1n) is 6.93. The summed E-state index contributed by atoms with van der Waals surface area (Å²) in [5.41, 5.74) is 0. The van der Waals surface area contributed by atoms with E-state index in [1.807, 2.05) is 0 Å². The van der Waals surface area contributed by atoms with Crippen molar-refractivity contribution in [3.05, 3.63) is 104 Å². The average Bonchev–Trinajstić information content (AvgIpc) is 2.68. The third-order valence-electron chi connectivity index (χ3n) is 3.19. The number of hydrogen-bond donors (Lipinski definition) is 0. The van der Waals surface area contributed by atoms with E-state index in [9.17, 15) is 0 Å². The molecule has 0 aliphatic rings. The zero-order chi connectivity index (χ0) is 16.9. The van der Waals surface area contributed by atoms with Crippen molar-refractivity contribution in [2.24, 2.45) is 0 Å². The Morgan fingerprint density at radius 1 is 0.458 bits per heavy atom. The van der Waals surface area contributed by atoms with E-state index >= 15 is 0 Å². The second-order valence-electron chi connectivity index (χ2n) is 4.47. The molecule has 2 nitrogen and oxygen atoms in total. The summed E-state index contributed by atoms with van der Waals surface area (Å²) >= 11 is 0. The SMILES string of the molecule is [C-]#N.[C-]#N.[Pd+2].c1ccc([PH+](c2ccccc2)c2ccccc2)cc1. The molecule has 0 radical (unpaired) electrons. The second-order valence-corrected chi connectivity index (χ2v) is 6.96. The Hall–Kier alpha value is -2.27. The maximum atomic E-state index is 6.25. The van der Waals surface area contributed by atoms with Crippen LogP contribution in [0.4, 0.5) is 0 Å². The molecule has 120 valence electrons. The fourth-order valence-electron chi connectivity index (χ4n) is 2.31. The minimum absolute atomic E-state index is 0. The predicted molar refractivity (Wildman–Crippen MR) is 96.5 cm³/mol. The normalized spacial score (nSPS) is 8.54. The van der Waals surface area contributed by atoms with Crippen LogP contribution in [-0.2, 0) is 20.4 Å². The van der Waals surface area contributed by atoms with Crippen LogP contribution in [0.15, 0.2) is 91.0 Å². The Morgan fingerprint density at radius 2 is 0.667 bits per heavy atom. The Labute approximate surface area is 158 Å². The van der Waals surface area contributed by atoms with E-state index in [4.69, 9.17) is 23.7 Å². The molecular weight excluding hydrogens is 406 g/mol. The van der Waals surface area contributed by atoms with E-state index < -0.39 is 7.92 Å². The largest absolute Gasteiger partial charge is 2.00 e. The van der Waals surface area contributed by atoms with E-state index in [-0.39, 0.29) is 20.4 Å². The molecule has 0 saturated heterocycles. The van der Waals surface area contributed by atoms with Gasteiger partial charge in [0.1, 0.15) is 15.9 Å². The molecule has 0 spiro atoms. The summed E-state index contributed by atoms with van der Waals surface area (Å²) in [6.07, 6.45) is 0. The molecule has 0 atom stereocenters. The van der Waals surface area contributed by atoms with Crippen LogP contribution >= 0.6 is 7.92 Å². The van der Waals surface area contributed by atoms with Gasteiger partial charge in [-0.15, -0.1) is 0 Å². The number of benzene rings is 3. The van der Waals surface area contributed by atoms with Gasteiger partial charge >= 0.3 is 20.4 Å². The number of hydrogen-bond acceptors (Lipinski definition) is 2. The molecule has 3 aromatic carbocycles. The van der Waals surface area contributed by atoms with Crippen molar-refractivity contribution >= 4 is 23.8 Å². The maximum Gasteiger partial charge on any atom is 2.00 e. The summed E-state index contributed by atoms with van der Waals surface area (Å²) in [4.78, 5) is 0. The van der Waals surface area contributed by atoms with Crippen LogP contribution in [0.3, 0.4) is 0 Å². The summed E-state index contributed by atoms with van der Waals surface area (Å²) < 4.78 is 0.